The molecule has 0 radical (unpaired) electrons. The summed E-state index contributed by atoms with van der Waals surface area (Å²) in [6, 6.07) is 80.7. The molecule has 0 saturated heterocycles. The van der Waals surface area contributed by atoms with E-state index in [0.717, 1.165) is 22.7 Å². The lowest BCUT2D eigenvalue weighted by molar-refractivity contribution is 1.18. The van der Waals surface area contributed by atoms with Crippen molar-refractivity contribution < 1.29 is 0 Å². The van der Waals surface area contributed by atoms with Crippen molar-refractivity contribution in [1.82, 2.24) is 4.57 Å². The van der Waals surface area contributed by atoms with Gasteiger partial charge in [-0.25, -0.2) is 0 Å². The van der Waals surface area contributed by atoms with E-state index < -0.39 is 0 Å². The molecule has 0 fully saturated rings. The summed E-state index contributed by atoms with van der Waals surface area (Å²) >= 11 is 0. The van der Waals surface area contributed by atoms with Gasteiger partial charge in [0.15, 0.2) is 0 Å². The van der Waals surface area contributed by atoms with Crippen LogP contribution in [0.5, 0.6) is 0 Å². The molecule has 278 valence electrons. The van der Waals surface area contributed by atoms with Crippen molar-refractivity contribution in [3.05, 3.63) is 241 Å². The van der Waals surface area contributed by atoms with Gasteiger partial charge >= 0.3 is 0 Å². The van der Waals surface area contributed by atoms with Crippen LogP contribution in [0.3, 0.4) is 0 Å². The summed E-state index contributed by atoms with van der Waals surface area (Å²) in [5.74, 6) is 0. The molecule has 2 nitrogen and oxygen atoms in total. The average Bonchev–Trinajstić information content (AvgIpc) is 3.94. The Morgan fingerprint density at radius 1 is 0.267 bits per heavy atom. The summed E-state index contributed by atoms with van der Waals surface area (Å²) in [7, 11) is 0. The average molecular weight is 761 g/mol. The standard InChI is InChI=1S/C58H36N2/c1-3-15-39-33-41(27-25-37(39)13-1)59(44-30-32-56-53(35-44)49-20-11-12-24-55(49)60(56)42-28-26-38-14-2-4-16-40(38)34-42)43-29-31-48-47-19-7-10-23-52(47)58(54(48)36-43)57-50-21-8-5-17-45(50)46-18-6-9-22-51(46)57/h1-36H. The molecule has 2 aliphatic rings. The Bertz CT molecular complexity index is 3570. The van der Waals surface area contributed by atoms with Gasteiger partial charge in [0.1, 0.15) is 0 Å². The largest absolute Gasteiger partial charge is 0.310 e. The maximum atomic E-state index is 2.45. The Hall–Kier alpha value is -7.94. The van der Waals surface area contributed by atoms with E-state index in [2.05, 4.69) is 228 Å². The molecule has 0 atom stereocenters. The van der Waals surface area contributed by atoms with E-state index in [-0.39, 0.29) is 0 Å². The van der Waals surface area contributed by atoms with Crippen LogP contribution in [0, 0.1) is 0 Å². The first kappa shape index (κ1) is 33.1. The fourth-order valence-electron chi connectivity index (χ4n) is 10.2. The Labute approximate surface area is 348 Å². The molecule has 0 amide bonds. The van der Waals surface area contributed by atoms with Crippen LogP contribution in [0.1, 0.15) is 22.3 Å². The lowest BCUT2D eigenvalue weighted by Crippen LogP contribution is -2.10. The second-order valence-electron chi connectivity index (χ2n) is 16.1. The van der Waals surface area contributed by atoms with Gasteiger partial charge in [-0.3, -0.25) is 0 Å². The van der Waals surface area contributed by atoms with E-state index in [1.807, 2.05) is 0 Å². The summed E-state index contributed by atoms with van der Waals surface area (Å²) in [6.45, 7) is 0. The van der Waals surface area contributed by atoms with E-state index in [1.54, 1.807) is 0 Å². The van der Waals surface area contributed by atoms with E-state index in [9.17, 15) is 0 Å². The summed E-state index contributed by atoms with van der Waals surface area (Å²) in [6.07, 6.45) is 0. The SMILES string of the molecule is c1ccc2c(c1)C(=C1c3ccccc3-c3ccc(N(c4ccc5ccccc5c4)c4ccc5c(c4)c4ccccc4n5-c4ccc5ccccc5c4)cc31)c1ccccc1-2. The summed E-state index contributed by atoms with van der Waals surface area (Å²) in [5, 5.41) is 7.37. The van der Waals surface area contributed by atoms with Gasteiger partial charge < -0.3 is 9.47 Å². The van der Waals surface area contributed by atoms with Gasteiger partial charge in [-0.2, -0.15) is 0 Å². The number of hydrogen-bond donors (Lipinski definition) is 0. The minimum atomic E-state index is 1.11. The summed E-state index contributed by atoms with van der Waals surface area (Å²) in [5.41, 5.74) is 19.8. The van der Waals surface area contributed by atoms with Gasteiger partial charge in [0, 0.05) is 33.5 Å². The Morgan fingerprint density at radius 3 is 1.40 bits per heavy atom. The van der Waals surface area contributed by atoms with Crippen LogP contribution in [0.2, 0.25) is 0 Å². The van der Waals surface area contributed by atoms with Gasteiger partial charge in [-0.1, -0.05) is 158 Å². The third kappa shape index (κ3) is 4.82. The van der Waals surface area contributed by atoms with Gasteiger partial charge in [0.05, 0.1) is 11.0 Å². The van der Waals surface area contributed by atoms with Crippen molar-refractivity contribution in [1.29, 1.82) is 0 Å². The molecule has 0 unspecified atom stereocenters. The van der Waals surface area contributed by atoms with Crippen molar-refractivity contribution in [3.8, 4) is 27.9 Å². The van der Waals surface area contributed by atoms with Gasteiger partial charge in [0.2, 0.25) is 0 Å². The van der Waals surface area contributed by atoms with Crippen LogP contribution >= 0.6 is 0 Å². The molecule has 10 aromatic carbocycles. The Balaban J connectivity index is 1.06. The molecule has 0 saturated carbocycles. The maximum Gasteiger partial charge on any atom is 0.0542 e. The Morgan fingerprint density at radius 2 is 0.717 bits per heavy atom. The molecular weight excluding hydrogens is 725 g/mol. The summed E-state index contributed by atoms with van der Waals surface area (Å²) in [4.78, 5) is 2.45. The number of para-hydroxylation sites is 1. The zero-order valence-electron chi connectivity index (χ0n) is 32.7. The second-order valence-corrected chi connectivity index (χ2v) is 16.1. The van der Waals surface area contributed by atoms with Crippen LogP contribution in [-0.4, -0.2) is 4.57 Å². The normalized spacial score (nSPS) is 12.6. The topological polar surface area (TPSA) is 8.17 Å². The van der Waals surface area contributed by atoms with Crippen LogP contribution in [0.4, 0.5) is 17.1 Å². The highest BCUT2D eigenvalue weighted by atomic mass is 15.1. The number of aromatic nitrogens is 1. The number of benzene rings is 10. The third-order valence-corrected chi connectivity index (χ3v) is 12.8. The van der Waals surface area contributed by atoms with E-state index >= 15 is 0 Å². The van der Waals surface area contributed by atoms with Crippen molar-refractivity contribution in [2.45, 2.75) is 0 Å². The molecule has 0 N–H and O–H groups in total. The first-order valence-corrected chi connectivity index (χ1v) is 20.8. The molecular formula is C58H36N2. The lowest BCUT2D eigenvalue weighted by atomic mass is 9.91. The molecule has 2 aliphatic carbocycles. The molecule has 0 aliphatic heterocycles. The first-order chi connectivity index (χ1) is 29.8. The predicted octanol–water partition coefficient (Wildman–Crippen LogP) is 15.5. The number of anilines is 3. The highest BCUT2D eigenvalue weighted by Gasteiger charge is 2.33. The molecule has 1 aromatic heterocycles. The summed E-state index contributed by atoms with van der Waals surface area (Å²) < 4.78 is 2.42. The zero-order chi connectivity index (χ0) is 39.3. The molecule has 11 aromatic rings. The zero-order valence-corrected chi connectivity index (χ0v) is 32.7. The number of hydrogen-bond acceptors (Lipinski definition) is 1. The number of rotatable bonds is 4. The monoisotopic (exact) mass is 760 g/mol. The number of fused-ring (bicyclic) bond motifs is 11. The van der Waals surface area contributed by atoms with Gasteiger partial charge in [-0.15, -0.1) is 0 Å². The molecule has 13 rings (SSSR count). The molecule has 0 spiro atoms. The first-order valence-electron chi connectivity index (χ1n) is 20.8. The van der Waals surface area contributed by atoms with Crippen molar-refractivity contribution in [3.63, 3.8) is 0 Å². The minimum absolute atomic E-state index is 1.11. The van der Waals surface area contributed by atoms with Crippen LogP contribution in [-0.2, 0) is 0 Å². The van der Waals surface area contributed by atoms with Gasteiger partial charge in [0.25, 0.3) is 0 Å². The van der Waals surface area contributed by atoms with E-state index in [0.29, 0.717) is 0 Å². The molecule has 0 bridgehead atoms. The smallest absolute Gasteiger partial charge is 0.0542 e. The van der Waals surface area contributed by atoms with Crippen molar-refractivity contribution in [2.75, 3.05) is 4.90 Å². The van der Waals surface area contributed by atoms with E-state index in [4.69, 9.17) is 0 Å². The minimum Gasteiger partial charge on any atom is -0.310 e. The highest BCUT2D eigenvalue weighted by molar-refractivity contribution is 6.19. The molecule has 1 heterocycles. The van der Waals surface area contributed by atoms with Crippen LogP contribution < -0.4 is 4.90 Å². The van der Waals surface area contributed by atoms with Gasteiger partial charge in [-0.05, 0) is 138 Å². The lowest BCUT2D eigenvalue weighted by Gasteiger charge is -2.27. The highest BCUT2D eigenvalue weighted by Crippen LogP contribution is 2.55. The molecule has 60 heavy (non-hydrogen) atoms. The fourth-order valence-corrected chi connectivity index (χ4v) is 10.2. The predicted molar refractivity (Wildman–Crippen MR) is 253 cm³/mol. The van der Waals surface area contributed by atoms with Crippen molar-refractivity contribution in [2.24, 2.45) is 0 Å². The van der Waals surface area contributed by atoms with E-state index in [1.165, 1.54) is 99.0 Å². The fraction of sp³-hybridized carbons (Fsp3) is 0. The quantitative estimate of drug-likeness (QED) is 0.173. The second kappa shape index (κ2) is 12.8. The maximum absolute atomic E-state index is 2.45. The van der Waals surface area contributed by atoms with Crippen LogP contribution in [0.15, 0.2) is 218 Å². The third-order valence-electron chi connectivity index (χ3n) is 12.8. The number of nitrogens with zero attached hydrogens (tertiary/aromatic N) is 2. The molecule has 2 heteroatoms. The van der Waals surface area contributed by atoms with Crippen molar-refractivity contribution >= 4 is 71.6 Å². The Kier molecular flexibility index (Phi) is 7.05. The van der Waals surface area contributed by atoms with Crippen LogP contribution in [0.25, 0.3) is 82.4 Å².